The second-order valence-corrected chi connectivity index (χ2v) is 5.95. The molecule has 1 aliphatic carbocycles. The van der Waals surface area contributed by atoms with Crippen LogP contribution in [0.2, 0.25) is 0 Å². The molecular weight excluding hydrogens is 210 g/mol. The van der Waals surface area contributed by atoms with E-state index in [-0.39, 0.29) is 5.60 Å². The van der Waals surface area contributed by atoms with Crippen LogP contribution in [0.15, 0.2) is 0 Å². The normalized spacial score (nSPS) is 23.9. The zero-order valence-corrected chi connectivity index (χ0v) is 11.8. The summed E-state index contributed by atoms with van der Waals surface area (Å²) in [6.45, 7) is 7.76. The summed E-state index contributed by atoms with van der Waals surface area (Å²) in [6.07, 6.45) is 10.9. The Bertz CT molecular complexity index is 267. The maximum absolute atomic E-state index is 5.88. The minimum atomic E-state index is -0.0576. The van der Waals surface area contributed by atoms with Crippen LogP contribution in [0.1, 0.15) is 52.9 Å². The second kappa shape index (κ2) is 5.89. The molecule has 2 nitrogen and oxygen atoms in total. The molecule has 1 fully saturated rings. The average molecular weight is 237 g/mol. The topological polar surface area (TPSA) is 21.3 Å². The van der Waals surface area contributed by atoms with E-state index in [1.165, 1.54) is 12.8 Å². The molecule has 1 N–H and O–H groups in total. The number of hydrogen-bond acceptors (Lipinski definition) is 2. The predicted octanol–water partition coefficient (Wildman–Crippen LogP) is 2.97. The SMILES string of the molecule is C#CCC(NCC)C1(OC)CCC(C)(C)CC1. The molecule has 17 heavy (non-hydrogen) atoms. The van der Waals surface area contributed by atoms with Gasteiger partial charge in [0.05, 0.1) is 5.60 Å². The number of methoxy groups -OCH3 is 1. The molecule has 0 bridgehead atoms. The van der Waals surface area contributed by atoms with Crippen LogP contribution in [0.25, 0.3) is 0 Å². The third kappa shape index (κ3) is 3.47. The molecule has 1 unspecified atom stereocenters. The van der Waals surface area contributed by atoms with E-state index in [1.807, 2.05) is 7.11 Å². The summed E-state index contributed by atoms with van der Waals surface area (Å²) in [5, 5.41) is 3.50. The van der Waals surface area contributed by atoms with E-state index in [9.17, 15) is 0 Å². The molecule has 0 aliphatic heterocycles. The molecule has 1 rings (SSSR count). The molecule has 98 valence electrons. The van der Waals surface area contributed by atoms with Crippen molar-refractivity contribution in [3.63, 3.8) is 0 Å². The lowest BCUT2D eigenvalue weighted by atomic mass is 9.68. The monoisotopic (exact) mass is 237 g/mol. The van der Waals surface area contributed by atoms with E-state index in [1.54, 1.807) is 0 Å². The van der Waals surface area contributed by atoms with Crippen molar-refractivity contribution in [3.05, 3.63) is 0 Å². The van der Waals surface area contributed by atoms with Gasteiger partial charge in [0.1, 0.15) is 0 Å². The van der Waals surface area contributed by atoms with Gasteiger partial charge in [-0.2, -0.15) is 0 Å². The summed E-state index contributed by atoms with van der Waals surface area (Å²) in [4.78, 5) is 0. The van der Waals surface area contributed by atoms with Gasteiger partial charge >= 0.3 is 0 Å². The Morgan fingerprint density at radius 2 is 1.88 bits per heavy atom. The highest BCUT2D eigenvalue weighted by Gasteiger charge is 2.43. The maximum atomic E-state index is 5.88. The lowest BCUT2D eigenvalue weighted by Gasteiger charge is -2.47. The Labute approximate surface area is 107 Å². The first-order valence-electron chi connectivity index (χ1n) is 6.72. The fourth-order valence-corrected chi connectivity index (χ4v) is 2.85. The van der Waals surface area contributed by atoms with E-state index in [0.717, 1.165) is 25.8 Å². The molecule has 1 atom stereocenters. The lowest BCUT2D eigenvalue weighted by molar-refractivity contribution is -0.0848. The van der Waals surface area contributed by atoms with E-state index in [0.29, 0.717) is 11.5 Å². The van der Waals surface area contributed by atoms with Crippen molar-refractivity contribution >= 4 is 0 Å². The van der Waals surface area contributed by atoms with E-state index < -0.39 is 0 Å². The van der Waals surface area contributed by atoms with Gasteiger partial charge in [-0.1, -0.05) is 20.8 Å². The van der Waals surface area contributed by atoms with Crippen molar-refractivity contribution in [1.82, 2.24) is 5.32 Å². The third-order valence-corrected chi connectivity index (χ3v) is 4.26. The van der Waals surface area contributed by atoms with Gasteiger partial charge < -0.3 is 10.1 Å². The highest BCUT2D eigenvalue weighted by atomic mass is 16.5. The van der Waals surface area contributed by atoms with Crippen LogP contribution in [-0.4, -0.2) is 25.3 Å². The van der Waals surface area contributed by atoms with Gasteiger partial charge in [0.25, 0.3) is 0 Å². The molecule has 1 aliphatic rings. The highest BCUT2D eigenvalue weighted by Crippen LogP contribution is 2.43. The van der Waals surface area contributed by atoms with Crippen molar-refractivity contribution < 1.29 is 4.74 Å². The molecule has 0 amide bonds. The third-order valence-electron chi connectivity index (χ3n) is 4.26. The molecule has 0 aromatic rings. The number of terminal acetylenes is 1. The molecule has 1 saturated carbocycles. The van der Waals surface area contributed by atoms with Gasteiger partial charge in [-0.15, -0.1) is 12.3 Å². The Morgan fingerprint density at radius 1 is 1.29 bits per heavy atom. The summed E-state index contributed by atoms with van der Waals surface area (Å²) < 4.78 is 5.88. The van der Waals surface area contributed by atoms with Crippen LogP contribution in [0, 0.1) is 17.8 Å². The van der Waals surface area contributed by atoms with E-state index in [4.69, 9.17) is 11.2 Å². The molecule has 2 heteroatoms. The Hall–Kier alpha value is -0.520. The zero-order chi connectivity index (χ0) is 12.9. The molecule has 0 spiro atoms. The smallest absolute Gasteiger partial charge is 0.0840 e. The molecule has 0 saturated heterocycles. The fraction of sp³-hybridized carbons (Fsp3) is 0.867. The van der Waals surface area contributed by atoms with Gasteiger partial charge in [-0.25, -0.2) is 0 Å². The van der Waals surface area contributed by atoms with Crippen LogP contribution in [0.4, 0.5) is 0 Å². The number of hydrogen-bond donors (Lipinski definition) is 1. The number of rotatable bonds is 5. The van der Waals surface area contributed by atoms with Crippen LogP contribution >= 0.6 is 0 Å². The molecule has 0 heterocycles. The van der Waals surface area contributed by atoms with Crippen LogP contribution in [0.3, 0.4) is 0 Å². The fourth-order valence-electron chi connectivity index (χ4n) is 2.85. The Balaban J connectivity index is 2.77. The molecule has 0 aromatic heterocycles. The van der Waals surface area contributed by atoms with Crippen LogP contribution in [-0.2, 0) is 4.74 Å². The number of ether oxygens (including phenoxy) is 1. The second-order valence-electron chi connectivity index (χ2n) is 5.95. The van der Waals surface area contributed by atoms with Crippen molar-refractivity contribution in [1.29, 1.82) is 0 Å². The summed E-state index contributed by atoms with van der Waals surface area (Å²) in [6, 6.07) is 0.290. The highest BCUT2D eigenvalue weighted by molar-refractivity contribution is 5.03. The van der Waals surface area contributed by atoms with E-state index >= 15 is 0 Å². The number of likely N-dealkylation sites (N-methyl/N-ethyl adjacent to an activating group) is 1. The Kier molecular flexibility index (Phi) is 5.04. The molecule has 0 aromatic carbocycles. The van der Waals surface area contributed by atoms with Crippen LogP contribution < -0.4 is 5.32 Å². The zero-order valence-electron chi connectivity index (χ0n) is 11.8. The summed E-state index contributed by atoms with van der Waals surface area (Å²) in [7, 11) is 1.83. The quantitative estimate of drug-likeness (QED) is 0.742. The van der Waals surface area contributed by atoms with Crippen molar-refractivity contribution in [3.8, 4) is 12.3 Å². The Morgan fingerprint density at radius 3 is 2.29 bits per heavy atom. The average Bonchev–Trinajstić information content (AvgIpc) is 2.30. The first kappa shape index (κ1) is 14.5. The first-order valence-corrected chi connectivity index (χ1v) is 6.72. The van der Waals surface area contributed by atoms with Crippen molar-refractivity contribution in [2.75, 3.05) is 13.7 Å². The minimum absolute atomic E-state index is 0.0576. The lowest BCUT2D eigenvalue weighted by Crippen LogP contribution is -2.54. The van der Waals surface area contributed by atoms with Crippen molar-refractivity contribution in [2.45, 2.75) is 64.5 Å². The van der Waals surface area contributed by atoms with Gasteiger partial charge in [0, 0.05) is 19.6 Å². The number of nitrogens with one attached hydrogen (secondary N) is 1. The van der Waals surface area contributed by atoms with E-state index in [2.05, 4.69) is 32.0 Å². The van der Waals surface area contributed by atoms with Gasteiger partial charge in [-0.3, -0.25) is 0 Å². The summed E-state index contributed by atoms with van der Waals surface area (Å²) in [5.41, 5.74) is 0.396. The largest absolute Gasteiger partial charge is 0.377 e. The van der Waals surface area contributed by atoms with Crippen molar-refractivity contribution in [2.24, 2.45) is 5.41 Å². The summed E-state index contributed by atoms with van der Waals surface area (Å²) in [5.74, 6) is 2.79. The van der Waals surface area contributed by atoms with Gasteiger partial charge in [-0.05, 0) is 37.6 Å². The summed E-state index contributed by atoms with van der Waals surface area (Å²) >= 11 is 0. The minimum Gasteiger partial charge on any atom is -0.377 e. The van der Waals surface area contributed by atoms with Crippen LogP contribution in [0.5, 0.6) is 0 Å². The molecule has 0 radical (unpaired) electrons. The first-order chi connectivity index (χ1) is 7.99. The van der Waals surface area contributed by atoms with Gasteiger partial charge in [0.15, 0.2) is 0 Å². The predicted molar refractivity (Wildman–Crippen MR) is 72.9 cm³/mol. The maximum Gasteiger partial charge on any atom is 0.0840 e. The standard InChI is InChI=1S/C15H27NO/c1-6-8-13(16-7-2)15(17-5)11-9-14(3,4)10-12-15/h1,13,16H,7-12H2,2-5H3. The molecular formula is C15H27NO. The van der Waals surface area contributed by atoms with Gasteiger partial charge in [0.2, 0.25) is 0 Å².